The number of rotatable bonds is 3. The molecule has 6 nitrogen and oxygen atoms in total. The van der Waals surface area contributed by atoms with Crippen molar-refractivity contribution >= 4 is 17.6 Å². The van der Waals surface area contributed by atoms with Crippen molar-refractivity contribution in [2.75, 3.05) is 30.4 Å². The average Bonchev–Trinajstić information content (AvgIpc) is 2.60. The minimum atomic E-state index is 0.228. The summed E-state index contributed by atoms with van der Waals surface area (Å²) in [7, 11) is 2.26. The zero-order valence-corrected chi connectivity index (χ0v) is 11.3. The van der Waals surface area contributed by atoms with Crippen molar-refractivity contribution in [3.8, 4) is 0 Å². The highest BCUT2D eigenvalue weighted by Crippen LogP contribution is 2.37. The van der Waals surface area contributed by atoms with Crippen LogP contribution in [0.25, 0.3) is 0 Å². The lowest BCUT2D eigenvalue weighted by molar-refractivity contribution is 0.139. The largest absolute Gasteiger partial charge is 0.383 e. The molecule has 0 saturated carbocycles. The monoisotopic (exact) mass is 262 g/mol. The molecule has 2 saturated heterocycles. The van der Waals surface area contributed by atoms with Gasteiger partial charge in [-0.1, -0.05) is 0 Å². The van der Waals surface area contributed by atoms with Gasteiger partial charge in [0, 0.05) is 24.7 Å². The summed E-state index contributed by atoms with van der Waals surface area (Å²) in [5.41, 5.74) is 11.3. The molecule has 1 aromatic heterocycles. The first kappa shape index (κ1) is 12.5. The highest BCUT2D eigenvalue weighted by molar-refractivity contribution is 5.48. The second-order valence-electron chi connectivity index (χ2n) is 5.81. The molecule has 0 spiro atoms. The Bertz CT molecular complexity index is 428. The molecule has 3 rings (SSSR count). The maximum atomic E-state index is 5.66. The average molecular weight is 262 g/mol. The summed E-state index contributed by atoms with van der Waals surface area (Å²) in [4.78, 5) is 10.6. The van der Waals surface area contributed by atoms with Crippen LogP contribution in [0.5, 0.6) is 0 Å². The molecular weight excluding hydrogens is 240 g/mol. The van der Waals surface area contributed by atoms with Crippen LogP contribution in [0.1, 0.15) is 25.7 Å². The number of nitrogens with zero attached hydrogens (tertiary/aromatic N) is 3. The smallest absolute Gasteiger partial charge is 0.223 e. The van der Waals surface area contributed by atoms with E-state index in [2.05, 4.69) is 27.2 Å². The van der Waals surface area contributed by atoms with E-state index in [1.807, 2.05) is 0 Å². The zero-order chi connectivity index (χ0) is 13.4. The van der Waals surface area contributed by atoms with Gasteiger partial charge in [0.25, 0.3) is 0 Å². The molecule has 19 heavy (non-hydrogen) atoms. The second kappa shape index (κ2) is 4.85. The van der Waals surface area contributed by atoms with Crippen molar-refractivity contribution < 1.29 is 0 Å². The van der Waals surface area contributed by atoms with E-state index in [9.17, 15) is 0 Å². The van der Waals surface area contributed by atoms with E-state index < -0.39 is 0 Å². The number of anilines is 3. The second-order valence-corrected chi connectivity index (χ2v) is 5.81. The molecule has 2 atom stereocenters. The summed E-state index contributed by atoms with van der Waals surface area (Å²) in [6, 6.07) is 3.28. The molecule has 2 fully saturated rings. The fraction of sp³-hybridized carbons (Fsp3) is 0.692. The Morgan fingerprint density at radius 1 is 1.26 bits per heavy atom. The first-order valence-electron chi connectivity index (χ1n) is 6.97. The van der Waals surface area contributed by atoms with E-state index in [-0.39, 0.29) is 5.95 Å². The van der Waals surface area contributed by atoms with Crippen molar-refractivity contribution in [3.63, 3.8) is 0 Å². The van der Waals surface area contributed by atoms with Gasteiger partial charge in [-0.2, -0.15) is 9.97 Å². The number of hydrogen-bond donors (Lipinski definition) is 3. The van der Waals surface area contributed by atoms with Gasteiger partial charge in [-0.3, -0.25) is 0 Å². The quantitative estimate of drug-likeness (QED) is 0.750. The predicted octanol–water partition coefficient (Wildman–Crippen LogP) is 0.926. The van der Waals surface area contributed by atoms with E-state index in [0.717, 1.165) is 24.4 Å². The number of hydrogen-bond acceptors (Lipinski definition) is 6. The van der Waals surface area contributed by atoms with E-state index in [1.165, 1.54) is 25.7 Å². The molecule has 1 aromatic rings. The van der Waals surface area contributed by atoms with Crippen LogP contribution in [-0.2, 0) is 0 Å². The molecule has 0 aromatic carbocycles. The van der Waals surface area contributed by atoms with Crippen LogP contribution in [0.4, 0.5) is 17.6 Å². The molecule has 3 heterocycles. The standard InChI is InChI=1S/C13H22N6/c1-19-9-2-3-10(19)5-8(4-9)7-16-12-6-11(14)17-13(15)18-12/h6,8-10H,2-5,7H2,1H3,(H5,14,15,16,17,18). The molecule has 2 unspecified atom stereocenters. The summed E-state index contributed by atoms with van der Waals surface area (Å²) in [5.74, 6) is 2.09. The molecule has 2 bridgehead atoms. The molecule has 0 aliphatic carbocycles. The van der Waals surface area contributed by atoms with Crippen LogP contribution >= 0.6 is 0 Å². The summed E-state index contributed by atoms with van der Waals surface area (Å²) < 4.78 is 0. The Labute approximate surface area is 113 Å². The lowest BCUT2D eigenvalue weighted by Gasteiger charge is -2.36. The minimum absolute atomic E-state index is 0.228. The third-order valence-electron chi connectivity index (χ3n) is 4.53. The van der Waals surface area contributed by atoms with Crippen molar-refractivity contribution in [1.29, 1.82) is 0 Å². The van der Waals surface area contributed by atoms with Gasteiger partial charge in [-0.05, 0) is 38.6 Å². The predicted molar refractivity (Wildman–Crippen MR) is 76.6 cm³/mol. The molecule has 104 valence electrons. The number of nitrogens with one attached hydrogen (secondary N) is 1. The van der Waals surface area contributed by atoms with Crippen LogP contribution in [0.2, 0.25) is 0 Å². The van der Waals surface area contributed by atoms with Crippen LogP contribution in [0.3, 0.4) is 0 Å². The Morgan fingerprint density at radius 2 is 1.95 bits per heavy atom. The van der Waals surface area contributed by atoms with E-state index in [4.69, 9.17) is 11.5 Å². The fourth-order valence-corrected chi connectivity index (χ4v) is 3.52. The van der Waals surface area contributed by atoms with Gasteiger partial charge in [-0.15, -0.1) is 0 Å². The summed E-state index contributed by atoms with van der Waals surface area (Å²) in [6.45, 7) is 0.941. The van der Waals surface area contributed by atoms with E-state index >= 15 is 0 Å². The van der Waals surface area contributed by atoms with Crippen molar-refractivity contribution in [2.45, 2.75) is 37.8 Å². The molecular formula is C13H22N6. The number of fused-ring (bicyclic) bond motifs is 2. The van der Waals surface area contributed by atoms with Gasteiger partial charge in [0.1, 0.15) is 11.6 Å². The van der Waals surface area contributed by atoms with Gasteiger partial charge in [0.2, 0.25) is 5.95 Å². The Kier molecular flexibility index (Phi) is 3.18. The number of piperidine rings is 1. The third kappa shape index (κ3) is 2.58. The lowest BCUT2D eigenvalue weighted by atomic mass is 9.91. The maximum Gasteiger partial charge on any atom is 0.223 e. The number of nitrogens with two attached hydrogens (primary N) is 2. The highest BCUT2D eigenvalue weighted by atomic mass is 15.2. The molecule has 0 radical (unpaired) electrons. The number of aromatic nitrogens is 2. The third-order valence-corrected chi connectivity index (χ3v) is 4.53. The Morgan fingerprint density at radius 3 is 2.58 bits per heavy atom. The SMILES string of the molecule is CN1C2CCC1CC(CNc1cc(N)nc(N)n1)C2. The van der Waals surface area contributed by atoms with Crippen LogP contribution in [0.15, 0.2) is 6.07 Å². The van der Waals surface area contributed by atoms with Crippen molar-refractivity contribution in [1.82, 2.24) is 14.9 Å². The maximum absolute atomic E-state index is 5.66. The first-order chi connectivity index (χ1) is 9.11. The van der Waals surface area contributed by atoms with Crippen LogP contribution < -0.4 is 16.8 Å². The summed E-state index contributed by atoms with van der Waals surface area (Å²) in [6.07, 6.45) is 5.25. The highest BCUT2D eigenvalue weighted by Gasteiger charge is 2.38. The van der Waals surface area contributed by atoms with Gasteiger partial charge in [0.05, 0.1) is 0 Å². The number of nitrogen functional groups attached to an aromatic ring is 2. The van der Waals surface area contributed by atoms with Crippen LogP contribution in [0, 0.1) is 5.92 Å². The van der Waals surface area contributed by atoms with Crippen molar-refractivity contribution in [2.24, 2.45) is 5.92 Å². The normalized spacial score (nSPS) is 30.5. The van der Waals surface area contributed by atoms with E-state index in [1.54, 1.807) is 6.07 Å². The molecule has 2 aliphatic rings. The fourth-order valence-electron chi connectivity index (χ4n) is 3.52. The van der Waals surface area contributed by atoms with Gasteiger partial charge in [0.15, 0.2) is 0 Å². The molecule has 6 heteroatoms. The van der Waals surface area contributed by atoms with E-state index in [0.29, 0.717) is 11.7 Å². The lowest BCUT2D eigenvalue weighted by Crippen LogP contribution is -2.41. The van der Waals surface area contributed by atoms with Gasteiger partial charge >= 0.3 is 0 Å². The first-order valence-corrected chi connectivity index (χ1v) is 6.97. The molecule has 5 N–H and O–H groups in total. The Balaban J connectivity index is 1.58. The summed E-state index contributed by atoms with van der Waals surface area (Å²) >= 11 is 0. The van der Waals surface area contributed by atoms with Gasteiger partial charge in [-0.25, -0.2) is 0 Å². The molecule has 0 amide bonds. The molecule has 2 aliphatic heterocycles. The minimum Gasteiger partial charge on any atom is -0.383 e. The van der Waals surface area contributed by atoms with Crippen LogP contribution in [-0.4, -0.2) is 40.5 Å². The topological polar surface area (TPSA) is 93.1 Å². The van der Waals surface area contributed by atoms with Crippen molar-refractivity contribution in [3.05, 3.63) is 6.07 Å². The zero-order valence-electron chi connectivity index (χ0n) is 11.3. The van der Waals surface area contributed by atoms with Gasteiger partial charge < -0.3 is 21.7 Å². The Hall–Kier alpha value is -1.56. The summed E-state index contributed by atoms with van der Waals surface area (Å²) in [5, 5.41) is 3.35.